The van der Waals surface area contributed by atoms with Gasteiger partial charge in [0.25, 0.3) is 0 Å². The van der Waals surface area contributed by atoms with E-state index in [1.807, 2.05) is 0 Å². The smallest absolute Gasteiger partial charge is 0.321 e. The number of nitrogens with one attached hydrogen (secondary N) is 3. The Hall–Kier alpha value is -1.35. The van der Waals surface area contributed by atoms with Crippen LogP contribution >= 0.6 is 23.1 Å². The summed E-state index contributed by atoms with van der Waals surface area (Å²) in [6, 6.07) is -0.515. The molecule has 112 valence electrons. The Morgan fingerprint density at radius 2 is 2.00 bits per heavy atom. The van der Waals surface area contributed by atoms with Crippen molar-refractivity contribution in [1.82, 2.24) is 20.8 Å². The molecule has 3 N–H and O–H groups in total. The van der Waals surface area contributed by atoms with Gasteiger partial charge in [0.05, 0.1) is 5.25 Å². The van der Waals surface area contributed by atoms with Gasteiger partial charge in [-0.3, -0.25) is 10.1 Å². The second-order valence-corrected chi connectivity index (χ2v) is 7.04. The highest BCUT2D eigenvalue weighted by Gasteiger charge is 2.18. The Bertz CT molecular complexity index is 463. The third-order valence-electron chi connectivity index (χ3n) is 2.18. The first-order valence-electron chi connectivity index (χ1n) is 6.19. The van der Waals surface area contributed by atoms with E-state index < -0.39 is 11.3 Å². The number of aromatic nitrogens is 2. The molecule has 0 radical (unpaired) electrons. The van der Waals surface area contributed by atoms with Gasteiger partial charge in [-0.15, -0.1) is 10.2 Å². The van der Waals surface area contributed by atoms with E-state index in [1.165, 1.54) is 30.1 Å². The fraction of sp³-hybridized carbons (Fsp3) is 0.636. The van der Waals surface area contributed by atoms with Crippen LogP contribution in [-0.4, -0.2) is 41.0 Å². The van der Waals surface area contributed by atoms with Gasteiger partial charge in [0.15, 0.2) is 4.34 Å². The Labute approximate surface area is 126 Å². The molecule has 0 bridgehead atoms. The number of hydrogen-bond acceptors (Lipinski definition) is 7. The summed E-state index contributed by atoms with van der Waals surface area (Å²) >= 11 is 2.67. The average molecular weight is 317 g/mol. The molecule has 9 heteroatoms. The van der Waals surface area contributed by atoms with E-state index in [0.717, 1.165) is 11.7 Å². The number of carbonyl (C=O) groups excluding carboxylic acids is 2. The van der Waals surface area contributed by atoms with Crippen LogP contribution in [0.5, 0.6) is 0 Å². The van der Waals surface area contributed by atoms with Crippen molar-refractivity contribution in [2.24, 2.45) is 5.92 Å². The third-order valence-corrected chi connectivity index (χ3v) is 4.24. The Kier molecular flexibility index (Phi) is 6.73. The molecule has 1 atom stereocenters. The number of hydrogen-bond donors (Lipinski definition) is 3. The number of amides is 3. The van der Waals surface area contributed by atoms with Crippen LogP contribution in [0.15, 0.2) is 4.34 Å². The van der Waals surface area contributed by atoms with Gasteiger partial charge < -0.3 is 10.6 Å². The lowest BCUT2D eigenvalue weighted by Crippen LogP contribution is -2.41. The van der Waals surface area contributed by atoms with E-state index >= 15 is 0 Å². The van der Waals surface area contributed by atoms with E-state index in [-0.39, 0.29) is 5.91 Å². The van der Waals surface area contributed by atoms with Crippen molar-refractivity contribution >= 4 is 40.2 Å². The molecular formula is C11H19N5O2S2. The zero-order valence-corrected chi connectivity index (χ0v) is 13.5. The van der Waals surface area contributed by atoms with E-state index in [4.69, 9.17) is 0 Å². The van der Waals surface area contributed by atoms with Crippen molar-refractivity contribution in [2.45, 2.75) is 30.4 Å². The minimum atomic E-state index is -0.515. The molecule has 0 unspecified atom stereocenters. The monoisotopic (exact) mass is 317 g/mol. The highest BCUT2D eigenvalue weighted by Crippen LogP contribution is 2.28. The van der Waals surface area contributed by atoms with E-state index in [1.54, 1.807) is 6.92 Å². The first-order valence-corrected chi connectivity index (χ1v) is 7.88. The van der Waals surface area contributed by atoms with Crippen LogP contribution in [-0.2, 0) is 4.79 Å². The maximum atomic E-state index is 11.7. The van der Waals surface area contributed by atoms with Crippen molar-refractivity contribution in [2.75, 3.05) is 18.9 Å². The minimum absolute atomic E-state index is 0.360. The molecule has 1 rings (SSSR count). The highest BCUT2D eigenvalue weighted by atomic mass is 32.2. The van der Waals surface area contributed by atoms with E-state index in [9.17, 15) is 9.59 Å². The zero-order chi connectivity index (χ0) is 15.1. The van der Waals surface area contributed by atoms with Gasteiger partial charge in [0.1, 0.15) is 0 Å². The summed E-state index contributed by atoms with van der Waals surface area (Å²) in [6.07, 6.45) is 0. The van der Waals surface area contributed by atoms with Gasteiger partial charge in [-0.2, -0.15) is 0 Å². The number of nitrogens with zero attached hydrogens (tertiary/aromatic N) is 2. The standard InChI is InChI=1S/C11H19N5O2S2/c1-6(2)5-13-10-15-16-11(20-10)19-7(3)8(17)14-9(18)12-4/h6-7H,5H2,1-4H3,(H,13,15)(H2,12,14,17,18)/t7-/m0/s1. The lowest BCUT2D eigenvalue weighted by Gasteiger charge is -2.08. The maximum absolute atomic E-state index is 11.7. The normalized spacial score (nSPS) is 12.1. The molecule has 0 aromatic carbocycles. The van der Waals surface area contributed by atoms with Crippen molar-refractivity contribution in [1.29, 1.82) is 0 Å². The molecule has 3 amide bonds. The van der Waals surface area contributed by atoms with Crippen molar-refractivity contribution < 1.29 is 9.59 Å². The molecule has 0 saturated carbocycles. The van der Waals surface area contributed by atoms with E-state index in [2.05, 4.69) is 40.0 Å². The molecule has 0 aliphatic rings. The molecule has 0 aliphatic carbocycles. The van der Waals surface area contributed by atoms with Gasteiger partial charge in [0, 0.05) is 13.6 Å². The molecule has 0 spiro atoms. The first-order chi connectivity index (χ1) is 9.42. The molecule has 1 aromatic heterocycles. The summed E-state index contributed by atoms with van der Waals surface area (Å²) in [7, 11) is 1.46. The van der Waals surface area contributed by atoms with Crippen LogP contribution in [0.2, 0.25) is 0 Å². The Morgan fingerprint density at radius 3 is 2.60 bits per heavy atom. The average Bonchev–Trinajstić information content (AvgIpc) is 2.83. The van der Waals surface area contributed by atoms with Gasteiger partial charge >= 0.3 is 6.03 Å². The van der Waals surface area contributed by atoms with Crippen molar-refractivity contribution in [3.05, 3.63) is 0 Å². The second-order valence-electron chi connectivity index (χ2n) is 4.48. The summed E-state index contributed by atoms with van der Waals surface area (Å²) in [5.74, 6) is 0.161. The van der Waals surface area contributed by atoms with Crippen LogP contribution < -0.4 is 16.0 Å². The van der Waals surface area contributed by atoms with Crippen molar-refractivity contribution in [3.8, 4) is 0 Å². The first kappa shape index (κ1) is 16.7. The van der Waals surface area contributed by atoms with Crippen molar-refractivity contribution in [3.63, 3.8) is 0 Å². The van der Waals surface area contributed by atoms with Gasteiger partial charge in [0.2, 0.25) is 11.0 Å². The van der Waals surface area contributed by atoms with Crippen LogP contribution in [0.3, 0.4) is 0 Å². The molecule has 7 nitrogen and oxygen atoms in total. The van der Waals surface area contributed by atoms with Gasteiger partial charge in [-0.1, -0.05) is 36.9 Å². The number of carbonyl (C=O) groups is 2. The summed E-state index contributed by atoms with van der Waals surface area (Å²) in [6.45, 7) is 6.75. The Balaban J connectivity index is 2.47. The SMILES string of the molecule is CNC(=O)NC(=O)[C@H](C)Sc1nnc(NCC(C)C)s1. The topological polar surface area (TPSA) is 96.0 Å². The number of thioether (sulfide) groups is 1. The zero-order valence-electron chi connectivity index (χ0n) is 11.9. The Morgan fingerprint density at radius 1 is 1.30 bits per heavy atom. The molecular weight excluding hydrogens is 298 g/mol. The number of anilines is 1. The van der Waals surface area contributed by atoms with Crippen LogP contribution in [0.1, 0.15) is 20.8 Å². The number of rotatable bonds is 6. The van der Waals surface area contributed by atoms with Gasteiger partial charge in [-0.05, 0) is 12.8 Å². The van der Waals surface area contributed by atoms with Gasteiger partial charge in [-0.25, -0.2) is 4.79 Å². The lowest BCUT2D eigenvalue weighted by atomic mass is 10.2. The van der Waals surface area contributed by atoms with E-state index in [0.29, 0.717) is 10.3 Å². The predicted octanol–water partition coefficient (Wildman–Crippen LogP) is 1.54. The molecule has 20 heavy (non-hydrogen) atoms. The summed E-state index contributed by atoms with van der Waals surface area (Å²) in [5.41, 5.74) is 0. The van der Waals surface area contributed by atoms with Crippen LogP contribution in [0.4, 0.5) is 9.93 Å². The highest BCUT2D eigenvalue weighted by molar-refractivity contribution is 8.02. The minimum Gasteiger partial charge on any atom is -0.360 e. The molecule has 1 aromatic rings. The van der Waals surface area contributed by atoms with Crippen LogP contribution in [0.25, 0.3) is 0 Å². The summed E-state index contributed by atoms with van der Waals surface area (Å²) < 4.78 is 0.691. The molecule has 0 aliphatic heterocycles. The molecule has 1 heterocycles. The summed E-state index contributed by atoms with van der Waals surface area (Å²) in [5, 5.41) is 16.1. The fourth-order valence-electron chi connectivity index (χ4n) is 1.10. The fourth-order valence-corrected chi connectivity index (χ4v) is 3.00. The quantitative estimate of drug-likeness (QED) is 0.689. The van der Waals surface area contributed by atoms with Crippen LogP contribution in [0, 0.1) is 5.92 Å². The number of imide groups is 1. The largest absolute Gasteiger partial charge is 0.360 e. The molecule has 0 saturated heterocycles. The maximum Gasteiger partial charge on any atom is 0.321 e. The molecule has 0 fully saturated rings. The number of urea groups is 1. The lowest BCUT2D eigenvalue weighted by molar-refractivity contribution is -0.119. The predicted molar refractivity (Wildman–Crippen MR) is 81.2 cm³/mol. The third kappa shape index (κ3) is 5.74. The second kappa shape index (κ2) is 8.05. The summed E-state index contributed by atoms with van der Waals surface area (Å²) in [4.78, 5) is 22.7.